The Morgan fingerprint density at radius 1 is 1.19 bits per heavy atom. The number of nitrogens with one attached hydrogen (secondary N) is 2. The molecule has 0 saturated carbocycles. The monoisotopic (exact) mass is 386 g/mol. The Hall–Kier alpha value is -2.58. The molecule has 0 aromatic heterocycles. The standard InChI is InChI=1S/C19H22N4O3S/c1-20-19(24)17-16-10-9-15(23-11-5-6-12-27(23,25)26)13-22(16)21-18(17)14-7-3-2-4-8-14/h2-4,7-10,13,18,21H,5-6,11-12H2,1H3,(H,20,24). The van der Waals surface area contributed by atoms with Gasteiger partial charge in [-0.05, 0) is 30.6 Å². The molecule has 3 aliphatic rings. The summed E-state index contributed by atoms with van der Waals surface area (Å²) in [5.41, 5.74) is 6.22. The van der Waals surface area contributed by atoms with E-state index >= 15 is 0 Å². The summed E-state index contributed by atoms with van der Waals surface area (Å²) in [5, 5.41) is 4.45. The number of hydrazine groups is 1. The molecule has 1 aromatic rings. The van der Waals surface area contributed by atoms with Crippen molar-refractivity contribution in [2.24, 2.45) is 0 Å². The van der Waals surface area contributed by atoms with E-state index in [1.165, 1.54) is 4.31 Å². The molecule has 7 nitrogen and oxygen atoms in total. The van der Waals surface area contributed by atoms with Crippen molar-refractivity contribution in [3.8, 4) is 0 Å². The topological polar surface area (TPSA) is 81.8 Å². The summed E-state index contributed by atoms with van der Waals surface area (Å²) in [7, 11) is -1.68. The molecule has 8 heteroatoms. The third kappa shape index (κ3) is 3.15. The lowest BCUT2D eigenvalue weighted by Gasteiger charge is -2.32. The van der Waals surface area contributed by atoms with E-state index in [1.807, 2.05) is 30.3 Å². The third-order valence-electron chi connectivity index (χ3n) is 5.01. The third-order valence-corrected chi connectivity index (χ3v) is 6.88. The molecule has 1 amide bonds. The van der Waals surface area contributed by atoms with Gasteiger partial charge in [0.05, 0.1) is 28.8 Å². The number of carbonyl (C=O) groups is 1. The molecule has 3 heterocycles. The van der Waals surface area contributed by atoms with Crippen LogP contribution in [0, 0.1) is 0 Å². The summed E-state index contributed by atoms with van der Waals surface area (Å²) in [6.45, 7) is 0.482. The van der Waals surface area contributed by atoms with E-state index in [-0.39, 0.29) is 17.7 Å². The first-order valence-electron chi connectivity index (χ1n) is 8.98. The summed E-state index contributed by atoms with van der Waals surface area (Å²) >= 11 is 0. The van der Waals surface area contributed by atoms with E-state index in [0.717, 1.165) is 17.7 Å². The molecule has 3 aliphatic heterocycles. The van der Waals surface area contributed by atoms with Crippen LogP contribution < -0.4 is 10.7 Å². The lowest BCUT2D eigenvalue weighted by Crippen LogP contribution is -2.39. The van der Waals surface area contributed by atoms with Gasteiger partial charge in [0, 0.05) is 19.8 Å². The molecule has 2 N–H and O–H groups in total. The van der Waals surface area contributed by atoms with E-state index in [4.69, 9.17) is 0 Å². The molecular formula is C19H22N4O3S. The highest BCUT2D eigenvalue weighted by molar-refractivity contribution is 7.89. The summed E-state index contributed by atoms with van der Waals surface area (Å²) in [4.78, 5) is 12.5. The van der Waals surface area contributed by atoms with E-state index < -0.39 is 10.0 Å². The first-order valence-corrected chi connectivity index (χ1v) is 10.6. The summed E-state index contributed by atoms with van der Waals surface area (Å²) in [6.07, 6.45) is 6.87. The van der Waals surface area contributed by atoms with Crippen molar-refractivity contribution < 1.29 is 13.2 Å². The van der Waals surface area contributed by atoms with E-state index in [1.54, 1.807) is 30.4 Å². The summed E-state index contributed by atoms with van der Waals surface area (Å²) in [5.74, 6) is 0.00528. The Morgan fingerprint density at radius 3 is 2.67 bits per heavy atom. The molecule has 1 unspecified atom stereocenters. The smallest absolute Gasteiger partial charge is 0.251 e. The first-order chi connectivity index (χ1) is 13.0. The molecule has 1 atom stereocenters. The molecule has 27 heavy (non-hydrogen) atoms. The number of allylic oxidation sites excluding steroid dienone is 2. The Kier molecular flexibility index (Phi) is 4.53. The molecule has 1 saturated heterocycles. The Balaban J connectivity index is 1.71. The number of benzene rings is 1. The molecule has 0 aliphatic carbocycles. The van der Waals surface area contributed by atoms with Crippen LogP contribution >= 0.6 is 0 Å². The Morgan fingerprint density at radius 2 is 1.96 bits per heavy atom. The van der Waals surface area contributed by atoms with Crippen LogP contribution in [0.25, 0.3) is 0 Å². The van der Waals surface area contributed by atoms with Crippen molar-refractivity contribution in [2.45, 2.75) is 18.9 Å². The van der Waals surface area contributed by atoms with Crippen LogP contribution in [0.3, 0.4) is 0 Å². The van der Waals surface area contributed by atoms with Crippen molar-refractivity contribution in [2.75, 3.05) is 19.3 Å². The maximum Gasteiger partial charge on any atom is 0.251 e. The SMILES string of the molecule is CNC(=O)C1=C2C=CC(N3CCCCS3(=O)=O)=CN2NC1c1ccccc1. The maximum atomic E-state index is 12.5. The molecule has 1 fully saturated rings. The van der Waals surface area contributed by atoms with Crippen LogP contribution in [0.5, 0.6) is 0 Å². The Bertz CT molecular complexity index is 950. The zero-order chi connectivity index (χ0) is 19.0. The fourth-order valence-electron chi connectivity index (χ4n) is 3.66. The van der Waals surface area contributed by atoms with Crippen molar-refractivity contribution in [1.29, 1.82) is 0 Å². The van der Waals surface area contributed by atoms with Crippen LogP contribution in [0.15, 0.2) is 65.7 Å². The molecule has 142 valence electrons. The zero-order valence-corrected chi connectivity index (χ0v) is 15.9. The van der Waals surface area contributed by atoms with Crippen molar-refractivity contribution in [1.82, 2.24) is 20.1 Å². The van der Waals surface area contributed by atoms with Gasteiger partial charge in [-0.3, -0.25) is 14.1 Å². The van der Waals surface area contributed by atoms with Gasteiger partial charge in [-0.2, -0.15) is 0 Å². The minimum atomic E-state index is -3.29. The lowest BCUT2D eigenvalue weighted by molar-refractivity contribution is -0.117. The summed E-state index contributed by atoms with van der Waals surface area (Å²) < 4.78 is 26.3. The van der Waals surface area contributed by atoms with Gasteiger partial charge in [-0.15, -0.1) is 0 Å². The van der Waals surface area contributed by atoms with Crippen LogP contribution in [0.2, 0.25) is 0 Å². The number of likely N-dealkylation sites (N-methyl/N-ethyl adjacent to an activating group) is 1. The van der Waals surface area contributed by atoms with E-state index in [9.17, 15) is 13.2 Å². The number of sulfonamides is 1. The second kappa shape index (κ2) is 6.86. The van der Waals surface area contributed by atoms with Crippen molar-refractivity contribution in [3.05, 3.63) is 71.2 Å². The van der Waals surface area contributed by atoms with Crippen molar-refractivity contribution >= 4 is 15.9 Å². The quantitative estimate of drug-likeness (QED) is 0.820. The molecule has 0 bridgehead atoms. The number of rotatable bonds is 3. The molecule has 1 aromatic carbocycles. The number of hydrogen-bond acceptors (Lipinski definition) is 5. The predicted molar refractivity (Wildman–Crippen MR) is 102 cm³/mol. The minimum absolute atomic E-state index is 0.166. The van der Waals surface area contributed by atoms with Gasteiger partial charge in [0.2, 0.25) is 10.0 Å². The normalized spacial score (nSPS) is 23.9. The number of hydrogen-bond donors (Lipinski definition) is 2. The fraction of sp³-hybridized carbons (Fsp3) is 0.316. The van der Waals surface area contributed by atoms with Gasteiger partial charge in [-0.25, -0.2) is 13.8 Å². The van der Waals surface area contributed by atoms with Crippen LogP contribution in [-0.4, -0.2) is 43.0 Å². The van der Waals surface area contributed by atoms with Crippen LogP contribution in [0.4, 0.5) is 0 Å². The highest BCUT2D eigenvalue weighted by Crippen LogP contribution is 2.36. The maximum absolute atomic E-state index is 12.5. The number of nitrogens with zero attached hydrogens (tertiary/aromatic N) is 2. The van der Waals surface area contributed by atoms with E-state index in [0.29, 0.717) is 24.2 Å². The number of amides is 1. The number of carbonyl (C=O) groups excluding carboxylic acids is 1. The minimum Gasteiger partial charge on any atom is -0.355 e. The predicted octanol–water partition coefficient (Wildman–Crippen LogP) is 1.38. The zero-order valence-electron chi connectivity index (χ0n) is 15.1. The van der Waals surface area contributed by atoms with E-state index in [2.05, 4.69) is 10.7 Å². The number of fused-ring (bicyclic) bond motifs is 1. The average molecular weight is 386 g/mol. The molecular weight excluding hydrogens is 364 g/mol. The second-order valence-electron chi connectivity index (χ2n) is 6.70. The molecule has 0 spiro atoms. The first kappa shape index (κ1) is 17.8. The largest absolute Gasteiger partial charge is 0.355 e. The molecule has 4 rings (SSSR count). The van der Waals surface area contributed by atoms with Gasteiger partial charge in [0.15, 0.2) is 0 Å². The highest BCUT2D eigenvalue weighted by atomic mass is 32.2. The summed E-state index contributed by atoms with van der Waals surface area (Å²) in [6, 6.07) is 9.40. The van der Waals surface area contributed by atoms with Gasteiger partial charge >= 0.3 is 0 Å². The van der Waals surface area contributed by atoms with Gasteiger partial charge in [0.1, 0.15) is 0 Å². The average Bonchev–Trinajstić information content (AvgIpc) is 3.06. The second-order valence-corrected chi connectivity index (χ2v) is 8.72. The van der Waals surface area contributed by atoms with Gasteiger partial charge in [0.25, 0.3) is 5.91 Å². The van der Waals surface area contributed by atoms with Crippen molar-refractivity contribution in [3.63, 3.8) is 0 Å². The van der Waals surface area contributed by atoms with Gasteiger partial charge < -0.3 is 5.32 Å². The lowest BCUT2D eigenvalue weighted by atomic mass is 9.97. The van der Waals surface area contributed by atoms with Crippen LogP contribution in [0.1, 0.15) is 24.4 Å². The van der Waals surface area contributed by atoms with Gasteiger partial charge in [-0.1, -0.05) is 30.3 Å². The highest BCUT2D eigenvalue weighted by Gasteiger charge is 2.37. The Labute approximate surface area is 159 Å². The molecule has 0 radical (unpaired) electrons. The van der Waals surface area contributed by atoms with Crippen LogP contribution in [-0.2, 0) is 14.8 Å². The fourth-order valence-corrected chi connectivity index (χ4v) is 5.29.